The summed E-state index contributed by atoms with van der Waals surface area (Å²) in [6, 6.07) is 11.1. The monoisotopic (exact) mass is 482 g/mol. The molecular formula is C25H27BrN2O3. The second-order valence-corrected chi connectivity index (χ2v) is 9.01. The van der Waals surface area contributed by atoms with Gasteiger partial charge >= 0.3 is 0 Å². The summed E-state index contributed by atoms with van der Waals surface area (Å²) in [6.45, 7) is 11.3. The molecule has 31 heavy (non-hydrogen) atoms. The fourth-order valence-corrected chi connectivity index (χ4v) is 4.74. The Bertz CT molecular complexity index is 1210. The number of carbonyl (C=O) groups is 1. The average molecular weight is 483 g/mol. The van der Waals surface area contributed by atoms with E-state index < -0.39 is 6.04 Å². The Morgan fingerprint density at radius 2 is 1.77 bits per heavy atom. The third kappa shape index (κ3) is 3.83. The van der Waals surface area contributed by atoms with Crippen LogP contribution in [0.25, 0.3) is 11.0 Å². The molecule has 0 aliphatic carbocycles. The third-order valence-electron chi connectivity index (χ3n) is 6.30. The maximum Gasteiger partial charge on any atom is 0.290 e. The zero-order chi connectivity index (χ0) is 22.3. The first-order valence-electron chi connectivity index (χ1n) is 10.7. The van der Waals surface area contributed by atoms with Gasteiger partial charge in [0, 0.05) is 17.6 Å². The number of hydrogen-bond acceptors (Lipinski definition) is 4. The van der Waals surface area contributed by atoms with E-state index in [9.17, 15) is 9.59 Å². The van der Waals surface area contributed by atoms with Crippen LogP contribution in [-0.4, -0.2) is 41.9 Å². The Hall–Kier alpha value is -2.44. The first-order valence-corrected chi connectivity index (χ1v) is 11.5. The highest BCUT2D eigenvalue weighted by atomic mass is 79.9. The maximum absolute atomic E-state index is 13.6. The smallest absolute Gasteiger partial charge is 0.290 e. The summed E-state index contributed by atoms with van der Waals surface area (Å²) < 4.78 is 7.00. The van der Waals surface area contributed by atoms with Crippen LogP contribution in [0.1, 0.15) is 52.7 Å². The summed E-state index contributed by atoms with van der Waals surface area (Å²) in [4.78, 5) is 31.2. The summed E-state index contributed by atoms with van der Waals surface area (Å²) >= 11 is 3.53. The van der Waals surface area contributed by atoms with Gasteiger partial charge < -0.3 is 14.2 Å². The lowest BCUT2D eigenvalue weighted by Crippen LogP contribution is -2.37. The molecule has 162 valence electrons. The van der Waals surface area contributed by atoms with E-state index in [0.29, 0.717) is 23.1 Å². The lowest BCUT2D eigenvalue weighted by Gasteiger charge is -2.28. The molecule has 0 saturated heterocycles. The molecule has 4 rings (SSSR count). The van der Waals surface area contributed by atoms with Gasteiger partial charge in [-0.3, -0.25) is 9.59 Å². The van der Waals surface area contributed by atoms with Crippen molar-refractivity contribution in [2.24, 2.45) is 0 Å². The average Bonchev–Trinajstić information content (AvgIpc) is 3.03. The minimum Gasteiger partial charge on any atom is -0.450 e. The van der Waals surface area contributed by atoms with Gasteiger partial charge in [0.1, 0.15) is 5.58 Å². The third-order valence-corrected chi connectivity index (χ3v) is 6.79. The molecule has 3 aromatic rings. The Labute approximate surface area is 190 Å². The minimum atomic E-state index is -0.460. The molecule has 1 atom stereocenters. The van der Waals surface area contributed by atoms with Crippen LogP contribution >= 0.6 is 15.9 Å². The van der Waals surface area contributed by atoms with Crippen molar-refractivity contribution in [1.29, 1.82) is 0 Å². The zero-order valence-electron chi connectivity index (χ0n) is 18.4. The van der Waals surface area contributed by atoms with E-state index in [0.717, 1.165) is 40.8 Å². The Morgan fingerprint density at radius 1 is 1.06 bits per heavy atom. The number of fused-ring (bicyclic) bond motifs is 2. The molecule has 5 nitrogen and oxygen atoms in total. The van der Waals surface area contributed by atoms with Gasteiger partial charge in [-0.1, -0.05) is 41.9 Å². The largest absolute Gasteiger partial charge is 0.450 e. The van der Waals surface area contributed by atoms with Gasteiger partial charge in [-0.2, -0.15) is 0 Å². The Balaban J connectivity index is 1.90. The van der Waals surface area contributed by atoms with Crippen LogP contribution < -0.4 is 5.43 Å². The van der Waals surface area contributed by atoms with Gasteiger partial charge in [0.15, 0.2) is 5.43 Å². The predicted octanol–water partition coefficient (Wildman–Crippen LogP) is 5.06. The molecule has 0 radical (unpaired) electrons. The highest BCUT2D eigenvalue weighted by Gasteiger charge is 2.42. The molecular weight excluding hydrogens is 456 g/mol. The van der Waals surface area contributed by atoms with Crippen LogP contribution in [0.5, 0.6) is 0 Å². The van der Waals surface area contributed by atoms with Gasteiger partial charge in [0.25, 0.3) is 5.91 Å². The Morgan fingerprint density at radius 3 is 2.45 bits per heavy atom. The summed E-state index contributed by atoms with van der Waals surface area (Å²) in [5.41, 5.74) is 3.75. The molecule has 1 aliphatic heterocycles. The second kappa shape index (κ2) is 8.60. The molecule has 1 aliphatic rings. The van der Waals surface area contributed by atoms with E-state index in [4.69, 9.17) is 4.42 Å². The molecule has 0 bridgehead atoms. The van der Waals surface area contributed by atoms with Crippen molar-refractivity contribution >= 4 is 32.8 Å². The minimum absolute atomic E-state index is 0.122. The Kier molecular flexibility index (Phi) is 6.04. The van der Waals surface area contributed by atoms with Crippen LogP contribution in [-0.2, 0) is 0 Å². The van der Waals surface area contributed by atoms with E-state index in [1.54, 1.807) is 4.90 Å². The van der Waals surface area contributed by atoms with E-state index >= 15 is 0 Å². The normalized spacial score (nSPS) is 15.9. The molecule has 2 heterocycles. The van der Waals surface area contributed by atoms with Crippen molar-refractivity contribution in [2.45, 2.75) is 33.7 Å². The number of halogens is 1. The van der Waals surface area contributed by atoms with Crippen molar-refractivity contribution in [3.8, 4) is 0 Å². The lowest BCUT2D eigenvalue weighted by molar-refractivity contribution is 0.0708. The van der Waals surface area contributed by atoms with Crippen molar-refractivity contribution in [2.75, 3.05) is 26.2 Å². The van der Waals surface area contributed by atoms with E-state index in [2.05, 4.69) is 34.7 Å². The zero-order valence-corrected chi connectivity index (χ0v) is 20.0. The van der Waals surface area contributed by atoms with Gasteiger partial charge in [-0.15, -0.1) is 0 Å². The molecule has 0 N–H and O–H groups in total. The fraction of sp³-hybridized carbons (Fsp3) is 0.360. The summed E-state index contributed by atoms with van der Waals surface area (Å²) in [5, 5.41) is 0.528. The highest BCUT2D eigenvalue weighted by molar-refractivity contribution is 9.10. The fourth-order valence-electron chi connectivity index (χ4n) is 4.32. The van der Waals surface area contributed by atoms with E-state index in [1.807, 2.05) is 50.2 Å². The number of nitrogens with zero attached hydrogens (tertiary/aromatic N) is 2. The first-order chi connectivity index (χ1) is 14.8. The molecule has 1 unspecified atom stereocenters. The summed E-state index contributed by atoms with van der Waals surface area (Å²) in [7, 11) is 0. The summed E-state index contributed by atoms with van der Waals surface area (Å²) in [6.07, 6.45) is 0. The molecule has 1 aromatic heterocycles. The van der Waals surface area contributed by atoms with Gasteiger partial charge in [0.2, 0.25) is 5.76 Å². The standard InChI is InChI=1S/C25H27BrN2O3/c1-5-27(6-2)10-11-28-22(17-8-7-9-18(26)14-17)21-23(29)19-12-15(3)16(4)13-20(19)31-24(21)25(28)30/h7-9,12-14,22H,5-6,10-11H2,1-4H3. The molecule has 6 heteroatoms. The number of likely N-dealkylation sites (N-methyl/N-ethyl adjacent to an activating group) is 1. The van der Waals surface area contributed by atoms with E-state index in [-0.39, 0.29) is 17.1 Å². The maximum atomic E-state index is 13.6. The number of rotatable bonds is 6. The highest BCUT2D eigenvalue weighted by Crippen LogP contribution is 2.38. The van der Waals surface area contributed by atoms with Crippen LogP contribution in [0, 0.1) is 13.8 Å². The van der Waals surface area contributed by atoms with Gasteiger partial charge in [-0.25, -0.2) is 0 Å². The molecule has 0 fully saturated rings. The molecule has 0 spiro atoms. The van der Waals surface area contributed by atoms with Crippen LogP contribution in [0.2, 0.25) is 0 Å². The summed E-state index contributed by atoms with van der Waals surface area (Å²) in [5.74, 6) is -0.0466. The second-order valence-electron chi connectivity index (χ2n) is 8.09. The molecule has 1 amide bonds. The number of amides is 1. The van der Waals surface area contributed by atoms with E-state index in [1.165, 1.54) is 0 Å². The lowest BCUT2D eigenvalue weighted by atomic mass is 9.97. The van der Waals surface area contributed by atoms with Crippen LogP contribution in [0.15, 0.2) is 50.1 Å². The van der Waals surface area contributed by atoms with Gasteiger partial charge in [-0.05, 0) is 67.9 Å². The number of hydrogen-bond donors (Lipinski definition) is 0. The molecule has 2 aromatic carbocycles. The number of carbonyl (C=O) groups excluding carboxylic acids is 1. The SMILES string of the molecule is CCN(CC)CCN1C(=O)c2oc3cc(C)c(C)cc3c(=O)c2C1c1cccc(Br)c1. The van der Waals surface area contributed by atoms with Gasteiger partial charge in [0.05, 0.1) is 17.0 Å². The van der Waals surface area contributed by atoms with Crippen molar-refractivity contribution < 1.29 is 9.21 Å². The van der Waals surface area contributed by atoms with Crippen molar-refractivity contribution in [3.05, 3.63) is 79.1 Å². The van der Waals surface area contributed by atoms with Crippen LogP contribution in [0.3, 0.4) is 0 Å². The first kappa shape index (κ1) is 21.8. The molecule has 0 saturated carbocycles. The topological polar surface area (TPSA) is 53.8 Å². The predicted molar refractivity (Wildman–Crippen MR) is 127 cm³/mol. The van der Waals surface area contributed by atoms with Crippen molar-refractivity contribution in [3.63, 3.8) is 0 Å². The number of aryl methyl sites for hydroxylation is 2. The van der Waals surface area contributed by atoms with Crippen LogP contribution in [0.4, 0.5) is 0 Å². The quantitative estimate of drug-likeness (QED) is 0.492. The number of benzene rings is 2. The van der Waals surface area contributed by atoms with Crippen molar-refractivity contribution in [1.82, 2.24) is 9.80 Å².